The van der Waals surface area contributed by atoms with E-state index in [1.54, 1.807) is 0 Å². The standard InChI is InChI=1S/C15H24O2Si/c1-12(14(16)17-15(2,3)4)18(5,6)13-10-8-7-9-11-13/h7-12H,1-6H3/t12-/m1/s1. The maximum absolute atomic E-state index is 12.2. The SMILES string of the molecule is C[C@H](C(=O)OC(C)(C)C)[Si](C)(C)c1ccccc1. The summed E-state index contributed by atoms with van der Waals surface area (Å²) >= 11 is 0. The van der Waals surface area contributed by atoms with E-state index in [9.17, 15) is 4.79 Å². The van der Waals surface area contributed by atoms with Crippen LogP contribution in [-0.4, -0.2) is 19.6 Å². The van der Waals surface area contributed by atoms with Crippen LogP contribution in [0.25, 0.3) is 0 Å². The van der Waals surface area contributed by atoms with Gasteiger partial charge in [0.25, 0.3) is 0 Å². The Kier molecular flexibility index (Phi) is 4.38. The van der Waals surface area contributed by atoms with Crippen LogP contribution in [0.1, 0.15) is 27.7 Å². The predicted molar refractivity (Wildman–Crippen MR) is 78.8 cm³/mol. The minimum atomic E-state index is -1.82. The first-order chi connectivity index (χ1) is 8.14. The number of esters is 1. The van der Waals surface area contributed by atoms with Gasteiger partial charge in [-0.2, -0.15) is 0 Å². The second-order valence-electron chi connectivity index (χ2n) is 6.34. The summed E-state index contributed by atoms with van der Waals surface area (Å²) in [5.74, 6) is -0.0805. The van der Waals surface area contributed by atoms with Gasteiger partial charge in [-0.15, -0.1) is 0 Å². The van der Waals surface area contributed by atoms with Gasteiger partial charge in [0, 0.05) is 0 Å². The molecule has 0 radical (unpaired) electrons. The molecule has 100 valence electrons. The predicted octanol–water partition coefficient (Wildman–Crippen LogP) is 3.33. The zero-order valence-electron chi connectivity index (χ0n) is 12.3. The summed E-state index contributed by atoms with van der Waals surface area (Å²) in [6, 6.07) is 10.3. The normalized spacial score (nSPS) is 14.1. The molecule has 1 aromatic rings. The minimum absolute atomic E-state index is 0.0425. The lowest BCUT2D eigenvalue weighted by atomic mass is 10.2. The van der Waals surface area contributed by atoms with E-state index in [1.165, 1.54) is 5.19 Å². The van der Waals surface area contributed by atoms with Gasteiger partial charge in [-0.1, -0.05) is 55.5 Å². The van der Waals surface area contributed by atoms with Crippen molar-refractivity contribution in [1.29, 1.82) is 0 Å². The molecule has 0 heterocycles. The van der Waals surface area contributed by atoms with E-state index in [0.717, 1.165) is 0 Å². The van der Waals surface area contributed by atoms with Crippen molar-refractivity contribution in [1.82, 2.24) is 0 Å². The third-order valence-electron chi connectivity index (χ3n) is 3.36. The van der Waals surface area contributed by atoms with Crippen molar-refractivity contribution in [3.63, 3.8) is 0 Å². The molecule has 0 aliphatic rings. The Morgan fingerprint density at radius 1 is 1.17 bits per heavy atom. The average molecular weight is 264 g/mol. The van der Waals surface area contributed by atoms with Crippen molar-refractivity contribution < 1.29 is 9.53 Å². The van der Waals surface area contributed by atoms with E-state index in [-0.39, 0.29) is 11.5 Å². The van der Waals surface area contributed by atoms with Crippen molar-refractivity contribution in [2.24, 2.45) is 0 Å². The highest BCUT2D eigenvalue weighted by Gasteiger charge is 2.37. The monoisotopic (exact) mass is 264 g/mol. The number of benzene rings is 1. The second kappa shape index (κ2) is 5.27. The molecule has 0 aliphatic heterocycles. The first-order valence-electron chi connectivity index (χ1n) is 6.43. The summed E-state index contributed by atoms with van der Waals surface area (Å²) in [7, 11) is -1.82. The van der Waals surface area contributed by atoms with Gasteiger partial charge < -0.3 is 4.74 Å². The largest absolute Gasteiger partial charge is 0.460 e. The van der Waals surface area contributed by atoms with Crippen LogP contribution < -0.4 is 5.19 Å². The molecule has 0 bridgehead atoms. The Morgan fingerprint density at radius 3 is 2.11 bits per heavy atom. The van der Waals surface area contributed by atoms with Crippen LogP contribution in [0.5, 0.6) is 0 Å². The summed E-state index contributed by atoms with van der Waals surface area (Å²) in [5.41, 5.74) is -0.453. The number of rotatable bonds is 3. The average Bonchev–Trinajstić information content (AvgIpc) is 2.27. The van der Waals surface area contributed by atoms with Gasteiger partial charge in [0.05, 0.1) is 13.6 Å². The van der Waals surface area contributed by atoms with Gasteiger partial charge in [-0.3, -0.25) is 4.79 Å². The van der Waals surface area contributed by atoms with Gasteiger partial charge in [0.1, 0.15) is 5.60 Å². The van der Waals surface area contributed by atoms with Gasteiger partial charge in [0.2, 0.25) is 0 Å². The highest BCUT2D eigenvalue weighted by atomic mass is 28.3. The number of carbonyl (C=O) groups is 1. The lowest BCUT2D eigenvalue weighted by Gasteiger charge is -2.31. The summed E-state index contributed by atoms with van der Waals surface area (Å²) in [6.45, 7) is 12.2. The maximum atomic E-state index is 12.2. The van der Waals surface area contributed by atoms with Crippen LogP contribution in [0.15, 0.2) is 30.3 Å². The molecule has 1 aromatic carbocycles. The molecule has 0 amide bonds. The highest BCUT2D eigenvalue weighted by Crippen LogP contribution is 2.25. The fourth-order valence-corrected chi connectivity index (χ4v) is 4.00. The molecule has 0 saturated heterocycles. The Morgan fingerprint density at radius 2 is 1.67 bits per heavy atom. The number of hydrogen-bond acceptors (Lipinski definition) is 2. The Balaban J connectivity index is 2.89. The van der Waals surface area contributed by atoms with Gasteiger partial charge in [-0.05, 0) is 20.8 Å². The molecule has 0 fully saturated rings. The van der Waals surface area contributed by atoms with Crippen molar-refractivity contribution in [2.45, 2.75) is 51.9 Å². The van der Waals surface area contributed by atoms with Gasteiger partial charge in [0.15, 0.2) is 0 Å². The van der Waals surface area contributed by atoms with E-state index in [1.807, 2.05) is 45.9 Å². The number of ether oxygens (including phenoxy) is 1. The van der Waals surface area contributed by atoms with E-state index >= 15 is 0 Å². The first kappa shape index (κ1) is 15.0. The van der Waals surface area contributed by atoms with Crippen LogP contribution in [0.4, 0.5) is 0 Å². The molecule has 2 nitrogen and oxygen atoms in total. The van der Waals surface area contributed by atoms with Crippen LogP contribution in [0, 0.1) is 0 Å². The highest BCUT2D eigenvalue weighted by molar-refractivity contribution is 6.93. The van der Waals surface area contributed by atoms with E-state index in [4.69, 9.17) is 4.74 Å². The third-order valence-corrected chi connectivity index (χ3v) is 7.58. The topological polar surface area (TPSA) is 26.3 Å². The summed E-state index contributed by atoms with van der Waals surface area (Å²) < 4.78 is 5.50. The Bertz CT molecular complexity index is 404. The second-order valence-corrected chi connectivity index (χ2v) is 11.2. The summed E-state index contributed by atoms with van der Waals surface area (Å²) in [6.07, 6.45) is 0. The molecule has 0 saturated carbocycles. The van der Waals surface area contributed by atoms with Gasteiger partial charge >= 0.3 is 5.97 Å². The molecule has 0 aromatic heterocycles. The van der Waals surface area contributed by atoms with Crippen molar-refractivity contribution in [2.75, 3.05) is 0 Å². The quantitative estimate of drug-likeness (QED) is 0.618. The molecular formula is C15H24O2Si. The van der Waals surface area contributed by atoms with Crippen LogP contribution in [-0.2, 0) is 9.53 Å². The fraction of sp³-hybridized carbons (Fsp3) is 0.533. The molecule has 1 atom stereocenters. The zero-order chi connectivity index (χ0) is 14.0. The van der Waals surface area contributed by atoms with Crippen LogP contribution in [0.3, 0.4) is 0 Å². The minimum Gasteiger partial charge on any atom is -0.460 e. The molecular weight excluding hydrogens is 240 g/mol. The third kappa shape index (κ3) is 3.70. The molecule has 18 heavy (non-hydrogen) atoms. The van der Waals surface area contributed by atoms with Crippen LogP contribution in [0.2, 0.25) is 18.6 Å². The molecule has 0 N–H and O–H groups in total. The van der Waals surface area contributed by atoms with E-state index in [2.05, 4.69) is 25.2 Å². The number of hydrogen-bond donors (Lipinski definition) is 0. The van der Waals surface area contributed by atoms with E-state index < -0.39 is 13.7 Å². The lowest BCUT2D eigenvalue weighted by Crippen LogP contribution is -2.48. The summed E-state index contributed by atoms with van der Waals surface area (Å²) in [5, 5.41) is 1.29. The van der Waals surface area contributed by atoms with E-state index in [0.29, 0.717) is 0 Å². The van der Waals surface area contributed by atoms with Crippen molar-refractivity contribution in [3.8, 4) is 0 Å². The number of carbonyl (C=O) groups excluding carboxylic acids is 1. The Hall–Kier alpha value is -1.09. The molecule has 0 spiro atoms. The van der Waals surface area contributed by atoms with Crippen LogP contribution >= 0.6 is 0 Å². The van der Waals surface area contributed by atoms with Crippen molar-refractivity contribution in [3.05, 3.63) is 30.3 Å². The molecule has 0 aliphatic carbocycles. The maximum Gasteiger partial charge on any atom is 0.306 e. The Labute approximate surface area is 111 Å². The first-order valence-corrected chi connectivity index (χ1v) is 9.51. The van der Waals surface area contributed by atoms with Crippen molar-refractivity contribution >= 4 is 19.2 Å². The molecule has 1 rings (SSSR count). The molecule has 3 heteroatoms. The lowest BCUT2D eigenvalue weighted by molar-refractivity contribution is -0.154. The van der Waals surface area contributed by atoms with Gasteiger partial charge in [-0.25, -0.2) is 0 Å². The molecule has 0 unspecified atom stereocenters. The zero-order valence-corrected chi connectivity index (χ0v) is 13.3. The summed E-state index contributed by atoms with van der Waals surface area (Å²) in [4.78, 5) is 12.2. The fourth-order valence-electron chi connectivity index (χ4n) is 1.80. The smallest absolute Gasteiger partial charge is 0.306 e.